The van der Waals surface area contributed by atoms with Crippen molar-refractivity contribution < 1.29 is 18.7 Å². The van der Waals surface area contributed by atoms with Crippen molar-refractivity contribution in [3.63, 3.8) is 0 Å². The fourth-order valence-electron chi connectivity index (χ4n) is 4.23. The van der Waals surface area contributed by atoms with Gasteiger partial charge in [-0.3, -0.25) is 4.79 Å². The normalized spacial score (nSPS) is 12.4. The number of para-hydroxylation sites is 3. The van der Waals surface area contributed by atoms with Crippen LogP contribution in [-0.2, 0) is 9.53 Å². The Morgan fingerprint density at radius 2 is 1.69 bits per heavy atom. The lowest BCUT2D eigenvalue weighted by Crippen LogP contribution is -2.27. The number of esters is 1. The average Bonchev–Trinajstić information content (AvgIpc) is 3.51. The topological polar surface area (TPSA) is 99.7 Å². The highest BCUT2D eigenvalue weighted by atomic mass is 16.5. The van der Waals surface area contributed by atoms with Crippen molar-refractivity contribution in [2.45, 2.75) is 0 Å². The molecular formula is C27H20N4O4. The van der Waals surface area contributed by atoms with Crippen LogP contribution in [0.25, 0.3) is 22.4 Å². The van der Waals surface area contributed by atoms with Gasteiger partial charge in [0.25, 0.3) is 0 Å². The third-order valence-electron chi connectivity index (χ3n) is 5.90. The monoisotopic (exact) mass is 464 g/mol. The Labute approximate surface area is 201 Å². The molecule has 1 aliphatic rings. The molecule has 0 radical (unpaired) electrons. The summed E-state index contributed by atoms with van der Waals surface area (Å²) in [6.07, 6.45) is 1.52. The van der Waals surface area contributed by atoms with Gasteiger partial charge >= 0.3 is 5.97 Å². The van der Waals surface area contributed by atoms with Crippen molar-refractivity contribution in [1.29, 1.82) is 5.26 Å². The molecule has 4 aromatic rings. The lowest BCUT2D eigenvalue weighted by Gasteiger charge is -2.19. The molecule has 0 bridgehead atoms. The molecule has 0 amide bonds. The fraction of sp³-hybridized carbons (Fsp3) is 0.111. The van der Waals surface area contributed by atoms with E-state index in [1.807, 2.05) is 36.4 Å². The lowest BCUT2D eigenvalue weighted by atomic mass is 10.1. The number of hydrogen-bond acceptors (Lipinski definition) is 8. The summed E-state index contributed by atoms with van der Waals surface area (Å²) in [6, 6.07) is 21.8. The second-order valence-electron chi connectivity index (χ2n) is 7.97. The molecule has 8 nitrogen and oxygen atoms in total. The van der Waals surface area contributed by atoms with Crippen molar-refractivity contribution >= 4 is 34.0 Å². The molecule has 0 unspecified atom stereocenters. The largest absolute Gasteiger partial charge is 0.463 e. The van der Waals surface area contributed by atoms with Crippen LogP contribution in [0.2, 0.25) is 0 Å². The van der Waals surface area contributed by atoms with Gasteiger partial charge < -0.3 is 19.0 Å². The van der Waals surface area contributed by atoms with Gasteiger partial charge in [-0.2, -0.15) is 5.26 Å². The maximum absolute atomic E-state index is 13.1. The van der Waals surface area contributed by atoms with Crippen molar-refractivity contribution in [3.05, 3.63) is 90.0 Å². The van der Waals surface area contributed by atoms with Crippen molar-refractivity contribution in [1.82, 2.24) is 4.98 Å². The van der Waals surface area contributed by atoms with E-state index in [0.29, 0.717) is 28.2 Å². The molecule has 0 N–H and O–H groups in total. The van der Waals surface area contributed by atoms with Crippen LogP contribution >= 0.6 is 0 Å². The number of aromatic nitrogens is 1. The van der Waals surface area contributed by atoms with Crippen LogP contribution in [0.5, 0.6) is 0 Å². The Bertz CT molecular complexity index is 1500. The van der Waals surface area contributed by atoms with E-state index in [9.17, 15) is 14.9 Å². The number of nitrogens with zero attached hydrogens (tertiary/aromatic N) is 4. The Morgan fingerprint density at radius 1 is 1.00 bits per heavy atom. The van der Waals surface area contributed by atoms with Gasteiger partial charge in [0.1, 0.15) is 23.2 Å². The fourth-order valence-corrected chi connectivity index (χ4v) is 4.23. The maximum atomic E-state index is 13.1. The molecule has 0 saturated heterocycles. The number of pyridine rings is 1. The predicted molar refractivity (Wildman–Crippen MR) is 131 cm³/mol. The van der Waals surface area contributed by atoms with E-state index < -0.39 is 18.4 Å². The molecule has 1 aliphatic heterocycles. The van der Waals surface area contributed by atoms with Gasteiger partial charge in [-0.25, -0.2) is 9.78 Å². The average molecular weight is 464 g/mol. The summed E-state index contributed by atoms with van der Waals surface area (Å²) in [5, 5.41) is 10.4. The van der Waals surface area contributed by atoms with Crippen molar-refractivity contribution in [2.24, 2.45) is 0 Å². The van der Waals surface area contributed by atoms with E-state index in [-0.39, 0.29) is 11.1 Å². The number of Topliss-reactive ketones (excluding diaryl/α,β-unsaturated/α-hetero) is 1. The zero-order chi connectivity index (χ0) is 24.5. The van der Waals surface area contributed by atoms with Crippen LogP contribution in [0.15, 0.2) is 88.8 Å². The molecule has 2 aromatic carbocycles. The highest BCUT2D eigenvalue weighted by Gasteiger charge is 2.31. The number of ether oxygens (including phenoxy) is 1. The molecule has 0 spiro atoms. The second-order valence-corrected chi connectivity index (χ2v) is 7.97. The minimum absolute atomic E-state index is 0.0881. The second kappa shape index (κ2) is 8.80. The standard InChI is InChI=1S/C27H20N4O4/c1-30-22-10-5-6-11-23(22)31(2)26(30)19(15-28)24(32)16-35-27(33)18-14-21(25-12-7-13-34-25)29-20-9-4-3-8-17(18)20/h3-14H,16H2,1-2H3. The van der Waals surface area contributed by atoms with Crippen LogP contribution in [0.4, 0.5) is 11.4 Å². The first-order valence-electron chi connectivity index (χ1n) is 10.8. The first-order valence-corrected chi connectivity index (χ1v) is 10.8. The number of ketones is 1. The SMILES string of the molecule is CN1C(=C(C#N)C(=O)COC(=O)c2cc(-c3ccco3)nc3ccccc23)N(C)c2ccccc21. The first-order chi connectivity index (χ1) is 17.0. The summed E-state index contributed by atoms with van der Waals surface area (Å²) < 4.78 is 10.8. The number of nitriles is 1. The molecule has 0 atom stereocenters. The van der Waals surface area contributed by atoms with Crippen LogP contribution in [0.1, 0.15) is 10.4 Å². The van der Waals surface area contributed by atoms with Gasteiger partial charge in [-0.1, -0.05) is 30.3 Å². The van der Waals surface area contributed by atoms with E-state index in [1.165, 1.54) is 6.26 Å². The Balaban J connectivity index is 1.42. The van der Waals surface area contributed by atoms with Gasteiger partial charge in [0.15, 0.2) is 12.4 Å². The predicted octanol–water partition coefficient (Wildman–Crippen LogP) is 4.54. The molecule has 0 fully saturated rings. The third kappa shape index (κ3) is 3.79. The van der Waals surface area contributed by atoms with E-state index in [2.05, 4.69) is 4.98 Å². The first kappa shape index (κ1) is 21.9. The van der Waals surface area contributed by atoms with Crippen LogP contribution in [0, 0.1) is 11.3 Å². The number of benzene rings is 2. The number of furan rings is 1. The molecule has 172 valence electrons. The van der Waals surface area contributed by atoms with E-state index in [1.54, 1.807) is 60.3 Å². The van der Waals surface area contributed by atoms with Crippen molar-refractivity contribution in [2.75, 3.05) is 30.5 Å². The molecule has 0 saturated carbocycles. The lowest BCUT2D eigenvalue weighted by molar-refractivity contribution is -0.118. The summed E-state index contributed by atoms with van der Waals surface area (Å²) in [5.74, 6) is -0.344. The number of carbonyl (C=O) groups is 2. The smallest absolute Gasteiger partial charge is 0.339 e. The maximum Gasteiger partial charge on any atom is 0.339 e. The summed E-state index contributed by atoms with van der Waals surface area (Å²) in [7, 11) is 3.57. The molecule has 0 aliphatic carbocycles. The summed E-state index contributed by atoms with van der Waals surface area (Å²) in [6.45, 7) is -0.573. The van der Waals surface area contributed by atoms with Crippen LogP contribution in [0.3, 0.4) is 0 Å². The number of carbonyl (C=O) groups excluding carboxylic acids is 2. The van der Waals surface area contributed by atoms with Gasteiger partial charge in [-0.05, 0) is 36.4 Å². The highest BCUT2D eigenvalue weighted by Crippen LogP contribution is 2.40. The summed E-state index contributed by atoms with van der Waals surface area (Å²) in [4.78, 5) is 34.2. The van der Waals surface area contributed by atoms with Crippen LogP contribution in [-0.4, -0.2) is 37.4 Å². The number of rotatable bonds is 5. The highest BCUT2D eigenvalue weighted by molar-refractivity contribution is 6.07. The van der Waals surface area contributed by atoms with Gasteiger partial charge in [0.2, 0.25) is 5.78 Å². The minimum Gasteiger partial charge on any atom is -0.463 e. The van der Waals surface area contributed by atoms with Gasteiger partial charge in [0, 0.05) is 19.5 Å². The molecule has 5 rings (SSSR count). The van der Waals surface area contributed by atoms with Gasteiger partial charge in [-0.15, -0.1) is 0 Å². The Kier molecular flexibility index (Phi) is 5.51. The molecule has 3 heterocycles. The minimum atomic E-state index is -0.691. The van der Waals surface area contributed by atoms with E-state index >= 15 is 0 Å². The number of fused-ring (bicyclic) bond motifs is 2. The van der Waals surface area contributed by atoms with E-state index in [4.69, 9.17) is 9.15 Å². The summed E-state index contributed by atoms with van der Waals surface area (Å²) in [5.41, 5.74) is 2.97. The van der Waals surface area contributed by atoms with Crippen molar-refractivity contribution in [3.8, 4) is 17.5 Å². The molecular weight excluding hydrogens is 444 g/mol. The Morgan fingerprint density at radius 3 is 2.34 bits per heavy atom. The molecule has 2 aromatic heterocycles. The van der Waals surface area contributed by atoms with E-state index in [0.717, 1.165) is 11.4 Å². The molecule has 8 heteroatoms. The quantitative estimate of drug-likeness (QED) is 0.241. The third-order valence-corrected chi connectivity index (χ3v) is 5.90. The zero-order valence-electron chi connectivity index (χ0n) is 19.1. The number of hydrogen-bond donors (Lipinski definition) is 0. The van der Waals surface area contributed by atoms with Gasteiger partial charge in [0.05, 0.1) is 28.7 Å². The number of anilines is 2. The zero-order valence-corrected chi connectivity index (χ0v) is 19.1. The molecule has 35 heavy (non-hydrogen) atoms. The van der Waals surface area contributed by atoms with Crippen LogP contribution < -0.4 is 9.80 Å². The summed E-state index contributed by atoms with van der Waals surface area (Å²) >= 11 is 0. The Hall–Kier alpha value is -4.90.